The first kappa shape index (κ1) is 21.0. The number of benzene rings is 2. The summed E-state index contributed by atoms with van der Waals surface area (Å²) >= 11 is 0. The zero-order valence-corrected chi connectivity index (χ0v) is 17.4. The van der Waals surface area contributed by atoms with Crippen molar-refractivity contribution in [3.05, 3.63) is 71.8 Å². The molecule has 0 bridgehead atoms. The van der Waals surface area contributed by atoms with Gasteiger partial charge in [-0.05, 0) is 42.9 Å². The van der Waals surface area contributed by atoms with Crippen molar-refractivity contribution in [3.8, 4) is 0 Å². The van der Waals surface area contributed by atoms with Gasteiger partial charge in [-0.1, -0.05) is 74.5 Å². The van der Waals surface area contributed by atoms with Gasteiger partial charge >= 0.3 is 0 Å². The molecule has 0 spiro atoms. The number of rotatable bonds is 11. The second-order valence-corrected chi connectivity index (χ2v) is 8.40. The number of nitrogens with one attached hydrogen (secondary N) is 1. The summed E-state index contributed by atoms with van der Waals surface area (Å²) in [4.78, 5) is 0. The van der Waals surface area contributed by atoms with E-state index in [1.165, 1.54) is 17.5 Å². The number of hydrogen-bond acceptors (Lipinski definition) is 3. The van der Waals surface area contributed by atoms with E-state index in [1.54, 1.807) is 0 Å². The van der Waals surface area contributed by atoms with Crippen LogP contribution in [0.2, 0.25) is 0 Å². The molecule has 3 nitrogen and oxygen atoms in total. The highest BCUT2D eigenvalue weighted by Gasteiger charge is 2.43. The predicted octanol–water partition coefficient (Wildman–Crippen LogP) is 5.20. The average Bonchev–Trinajstić information content (AvgIpc) is 3.03. The zero-order valence-electron chi connectivity index (χ0n) is 17.4. The predicted molar refractivity (Wildman–Crippen MR) is 115 cm³/mol. The van der Waals surface area contributed by atoms with Gasteiger partial charge in [0.2, 0.25) is 0 Å². The first-order valence-corrected chi connectivity index (χ1v) is 10.7. The molecule has 0 heterocycles. The van der Waals surface area contributed by atoms with Crippen molar-refractivity contribution in [2.75, 3.05) is 19.8 Å². The molecule has 1 saturated carbocycles. The molecule has 1 aliphatic rings. The Morgan fingerprint density at radius 1 is 0.857 bits per heavy atom. The zero-order chi connectivity index (χ0) is 19.7. The molecule has 0 aromatic heterocycles. The highest BCUT2D eigenvalue weighted by molar-refractivity contribution is 5.14. The Bertz CT molecular complexity index is 628. The van der Waals surface area contributed by atoms with Gasteiger partial charge in [0, 0.05) is 11.5 Å². The van der Waals surface area contributed by atoms with Gasteiger partial charge in [-0.3, -0.25) is 0 Å². The lowest BCUT2D eigenvalue weighted by molar-refractivity contribution is -0.0321. The molecule has 3 heteroatoms. The van der Waals surface area contributed by atoms with Gasteiger partial charge < -0.3 is 14.8 Å². The van der Waals surface area contributed by atoms with Gasteiger partial charge in [0.15, 0.2) is 0 Å². The van der Waals surface area contributed by atoms with Crippen molar-refractivity contribution < 1.29 is 9.47 Å². The van der Waals surface area contributed by atoms with Gasteiger partial charge in [-0.2, -0.15) is 0 Å². The maximum absolute atomic E-state index is 6.20. The Labute approximate surface area is 170 Å². The lowest BCUT2D eigenvalue weighted by Gasteiger charge is -2.29. The van der Waals surface area contributed by atoms with Crippen LogP contribution in [0.25, 0.3) is 0 Å². The van der Waals surface area contributed by atoms with Crippen LogP contribution in [0, 0.1) is 11.3 Å². The summed E-state index contributed by atoms with van der Waals surface area (Å²) in [6.07, 6.45) is 3.45. The maximum atomic E-state index is 6.20. The summed E-state index contributed by atoms with van der Waals surface area (Å²) < 4.78 is 12.4. The molecule has 2 atom stereocenters. The number of ether oxygens (including phenoxy) is 2. The van der Waals surface area contributed by atoms with E-state index in [-0.39, 0.29) is 5.41 Å². The number of hydrogen-bond donors (Lipinski definition) is 1. The minimum atomic E-state index is 0.0917. The second kappa shape index (κ2) is 10.8. The summed E-state index contributed by atoms with van der Waals surface area (Å²) in [5, 5.41) is 3.74. The molecule has 0 amide bonds. The van der Waals surface area contributed by atoms with E-state index >= 15 is 0 Å². The van der Waals surface area contributed by atoms with Crippen molar-refractivity contribution >= 4 is 0 Å². The van der Waals surface area contributed by atoms with Crippen LogP contribution >= 0.6 is 0 Å². The molecule has 28 heavy (non-hydrogen) atoms. The molecule has 1 fully saturated rings. The summed E-state index contributed by atoms with van der Waals surface area (Å²) in [7, 11) is 0. The van der Waals surface area contributed by atoms with Gasteiger partial charge in [0.05, 0.1) is 26.4 Å². The first-order chi connectivity index (χ1) is 13.7. The Hall–Kier alpha value is -1.68. The molecule has 0 unspecified atom stereocenters. The molecular weight excluding hydrogens is 346 g/mol. The van der Waals surface area contributed by atoms with Gasteiger partial charge in [0.1, 0.15) is 0 Å². The van der Waals surface area contributed by atoms with Crippen LogP contribution in [0.15, 0.2) is 60.7 Å². The average molecular weight is 382 g/mol. The quantitative estimate of drug-likeness (QED) is 0.580. The fourth-order valence-electron chi connectivity index (χ4n) is 4.38. The van der Waals surface area contributed by atoms with Crippen molar-refractivity contribution in [3.63, 3.8) is 0 Å². The summed E-state index contributed by atoms with van der Waals surface area (Å²) in [5.41, 5.74) is 2.55. The second-order valence-electron chi connectivity index (χ2n) is 8.40. The third-order valence-electron chi connectivity index (χ3n) is 5.79. The van der Waals surface area contributed by atoms with Crippen LogP contribution in [0.4, 0.5) is 0 Å². The van der Waals surface area contributed by atoms with E-state index in [4.69, 9.17) is 9.47 Å². The largest absolute Gasteiger partial charge is 0.376 e. The molecule has 1 aliphatic carbocycles. The normalized spacial score (nSPS) is 21.1. The molecule has 152 valence electrons. The summed E-state index contributed by atoms with van der Waals surface area (Å²) in [5.74, 6) is 0.646. The molecule has 0 radical (unpaired) electrons. The van der Waals surface area contributed by atoms with E-state index in [2.05, 4.69) is 67.7 Å². The Balaban J connectivity index is 1.58. The molecule has 1 N–H and O–H groups in total. The maximum Gasteiger partial charge on any atom is 0.0717 e. The van der Waals surface area contributed by atoms with Crippen molar-refractivity contribution in [2.24, 2.45) is 11.3 Å². The van der Waals surface area contributed by atoms with Crippen LogP contribution in [-0.4, -0.2) is 25.8 Å². The van der Waals surface area contributed by atoms with E-state index in [9.17, 15) is 0 Å². The third kappa shape index (κ3) is 6.16. The van der Waals surface area contributed by atoms with E-state index in [1.807, 2.05) is 12.1 Å². The SMILES string of the molecule is CCCN[C@@H]1CC(COCc2ccccc2)(COCc2ccccc2)C[C@H]1C. The van der Waals surface area contributed by atoms with E-state index in [0.29, 0.717) is 25.2 Å². The van der Waals surface area contributed by atoms with Crippen LogP contribution in [0.1, 0.15) is 44.2 Å². The smallest absolute Gasteiger partial charge is 0.0717 e. The highest BCUT2D eigenvalue weighted by Crippen LogP contribution is 2.42. The molecule has 0 saturated heterocycles. The summed E-state index contributed by atoms with van der Waals surface area (Å²) in [6.45, 7) is 8.53. The fraction of sp³-hybridized carbons (Fsp3) is 0.520. The van der Waals surface area contributed by atoms with Crippen molar-refractivity contribution in [1.82, 2.24) is 5.32 Å². The molecule has 2 aromatic rings. The Kier molecular flexibility index (Phi) is 8.08. The van der Waals surface area contributed by atoms with Crippen LogP contribution in [0.3, 0.4) is 0 Å². The van der Waals surface area contributed by atoms with Crippen molar-refractivity contribution in [1.29, 1.82) is 0 Å². The van der Waals surface area contributed by atoms with Crippen molar-refractivity contribution in [2.45, 2.75) is 52.4 Å². The Morgan fingerprint density at radius 3 is 1.89 bits per heavy atom. The Morgan fingerprint density at radius 2 is 1.39 bits per heavy atom. The standard InChI is InChI=1S/C25H35NO2/c1-3-14-26-24-16-25(15-21(24)2,19-27-17-22-10-6-4-7-11-22)20-28-18-23-12-8-5-9-13-23/h4-13,21,24,26H,3,14-20H2,1-2H3/t21-,24-/m1/s1. The lowest BCUT2D eigenvalue weighted by Crippen LogP contribution is -2.35. The topological polar surface area (TPSA) is 30.5 Å². The highest BCUT2D eigenvalue weighted by atomic mass is 16.5. The molecule has 3 rings (SSSR count). The van der Waals surface area contributed by atoms with Gasteiger partial charge in [0.25, 0.3) is 0 Å². The van der Waals surface area contributed by atoms with Crippen LogP contribution in [-0.2, 0) is 22.7 Å². The molecular formula is C25H35NO2. The molecule has 0 aliphatic heterocycles. The minimum Gasteiger partial charge on any atom is -0.376 e. The van der Waals surface area contributed by atoms with E-state index < -0.39 is 0 Å². The van der Waals surface area contributed by atoms with Gasteiger partial charge in [-0.15, -0.1) is 0 Å². The van der Waals surface area contributed by atoms with Crippen LogP contribution < -0.4 is 5.32 Å². The van der Waals surface area contributed by atoms with E-state index in [0.717, 1.165) is 32.6 Å². The monoisotopic (exact) mass is 381 g/mol. The lowest BCUT2D eigenvalue weighted by atomic mass is 9.87. The van der Waals surface area contributed by atoms with Gasteiger partial charge in [-0.25, -0.2) is 0 Å². The fourth-order valence-corrected chi connectivity index (χ4v) is 4.38. The van der Waals surface area contributed by atoms with Crippen LogP contribution in [0.5, 0.6) is 0 Å². The third-order valence-corrected chi connectivity index (χ3v) is 5.79. The summed E-state index contributed by atoms with van der Waals surface area (Å²) in [6, 6.07) is 21.4. The minimum absolute atomic E-state index is 0.0917. The first-order valence-electron chi connectivity index (χ1n) is 10.7. The molecule has 2 aromatic carbocycles.